The minimum absolute atomic E-state index is 0.0989. The van der Waals surface area contributed by atoms with Gasteiger partial charge < -0.3 is 14.4 Å². The Morgan fingerprint density at radius 2 is 2.05 bits per heavy atom. The normalized spacial score (nSPS) is 13.7. The number of carboxylic acids is 1. The molecule has 1 aromatic carbocycles. The van der Waals surface area contributed by atoms with Crippen LogP contribution in [0.1, 0.15) is 26.5 Å². The zero-order valence-corrected chi connectivity index (χ0v) is 10.5. The second kappa shape index (κ2) is 4.55. The predicted octanol–water partition coefficient (Wildman–Crippen LogP) is 1.85. The Morgan fingerprint density at radius 1 is 1.29 bits per heavy atom. The minimum Gasteiger partial charge on any atom is -0.475 e. The lowest BCUT2D eigenvalue weighted by Gasteiger charge is -2.15. The van der Waals surface area contributed by atoms with Gasteiger partial charge in [0.05, 0.1) is 24.1 Å². The van der Waals surface area contributed by atoms with Crippen molar-refractivity contribution in [2.24, 2.45) is 0 Å². The summed E-state index contributed by atoms with van der Waals surface area (Å²) < 4.78 is 18.1. The number of ketones is 1. The van der Waals surface area contributed by atoms with Gasteiger partial charge in [-0.15, -0.1) is 0 Å². The molecule has 0 aliphatic carbocycles. The van der Waals surface area contributed by atoms with Crippen LogP contribution in [0.15, 0.2) is 34.9 Å². The Balaban J connectivity index is 2.02. The van der Waals surface area contributed by atoms with E-state index >= 15 is 0 Å². The molecule has 1 aliphatic heterocycles. The van der Waals surface area contributed by atoms with E-state index in [9.17, 15) is 18.8 Å². The lowest BCUT2D eigenvalue weighted by Crippen LogP contribution is -2.29. The molecule has 21 heavy (non-hydrogen) atoms. The largest absolute Gasteiger partial charge is 0.475 e. The van der Waals surface area contributed by atoms with E-state index in [1.54, 1.807) is 0 Å². The first-order valence-electron chi connectivity index (χ1n) is 5.94. The summed E-state index contributed by atoms with van der Waals surface area (Å²) in [6.07, 6.45) is 1.17. The summed E-state index contributed by atoms with van der Waals surface area (Å²) in [6.45, 7) is -0.181. The standard InChI is InChI=1S/C14H8FNO5/c15-8-1-2-9-10(5-8)16(13(18)11(9)17)6-7-3-4-21-12(7)14(19)20/h1-5H,6H2,(H,19,20). The Kier molecular flexibility index (Phi) is 2.83. The number of aromatic carboxylic acids is 1. The van der Waals surface area contributed by atoms with Crippen LogP contribution >= 0.6 is 0 Å². The van der Waals surface area contributed by atoms with E-state index in [2.05, 4.69) is 0 Å². The van der Waals surface area contributed by atoms with E-state index in [-0.39, 0.29) is 29.1 Å². The SMILES string of the molecule is O=C1C(=O)N(Cc2ccoc2C(=O)O)c2cc(F)ccc21. The first kappa shape index (κ1) is 13.0. The van der Waals surface area contributed by atoms with Gasteiger partial charge in [0, 0.05) is 5.56 Å². The molecular weight excluding hydrogens is 281 g/mol. The van der Waals surface area contributed by atoms with Gasteiger partial charge in [-0.05, 0) is 24.3 Å². The molecular formula is C14H8FNO5. The average Bonchev–Trinajstić information content (AvgIpc) is 2.99. The number of nitrogens with zero attached hydrogens (tertiary/aromatic N) is 1. The van der Waals surface area contributed by atoms with Crippen LogP contribution in [0.3, 0.4) is 0 Å². The number of anilines is 1. The fourth-order valence-corrected chi connectivity index (χ4v) is 2.24. The lowest BCUT2D eigenvalue weighted by molar-refractivity contribution is -0.114. The van der Waals surface area contributed by atoms with Crippen molar-refractivity contribution in [1.29, 1.82) is 0 Å². The summed E-state index contributed by atoms with van der Waals surface area (Å²) in [5.41, 5.74) is 0.449. The number of carbonyl (C=O) groups is 3. The Bertz CT molecular complexity index is 779. The van der Waals surface area contributed by atoms with Crippen LogP contribution in [0.25, 0.3) is 0 Å². The quantitative estimate of drug-likeness (QED) is 0.871. The van der Waals surface area contributed by atoms with Gasteiger partial charge >= 0.3 is 5.97 Å². The molecule has 2 aromatic rings. The van der Waals surface area contributed by atoms with E-state index < -0.39 is 23.5 Å². The maximum Gasteiger partial charge on any atom is 0.372 e. The van der Waals surface area contributed by atoms with Crippen molar-refractivity contribution in [3.05, 3.63) is 53.2 Å². The van der Waals surface area contributed by atoms with Crippen molar-refractivity contribution in [3.63, 3.8) is 0 Å². The highest BCUT2D eigenvalue weighted by Gasteiger charge is 2.36. The number of halogens is 1. The molecule has 0 atom stereocenters. The summed E-state index contributed by atoms with van der Waals surface area (Å²) >= 11 is 0. The monoisotopic (exact) mass is 289 g/mol. The number of furan rings is 1. The fourth-order valence-electron chi connectivity index (χ4n) is 2.24. The minimum atomic E-state index is -1.28. The van der Waals surface area contributed by atoms with Crippen LogP contribution in [0.2, 0.25) is 0 Å². The number of fused-ring (bicyclic) bond motifs is 1. The van der Waals surface area contributed by atoms with Crippen LogP contribution in [0, 0.1) is 5.82 Å². The third kappa shape index (κ3) is 1.99. The van der Waals surface area contributed by atoms with Gasteiger partial charge in [0.15, 0.2) is 0 Å². The van der Waals surface area contributed by atoms with Gasteiger partial charge in [0.2, 0.25) is 5.76 Å². The number of hydrogen-bond acceptors (Lipinski definition) is 4. The first-order valence-corrected chi connectivity index (χ1v) is 5.94. The smallest absolute Gasteiger partial charge is 0.372 e. The van der Waals surface area contributed by atoms with E-state index in [0.29, 0.717) is 0 Å². The van der Waals surface area contributed by atoms with Gasteiger partial charge in [-0.3, -0.25) is 9.59 Å². The number of carboxylic acid groups (broad SMARTS) is 1. The zero-order chi connectivity index (χ0) is 15.1. The van der Waals surface area contributed by atoms with E-state index in [1.807, 2.05) is 0 Å². The molecule has 3 rings (SSSR count). The molecule has 0 saturated carbocycles. The molecule has 1 aliphatic rings. The van der Waals surface area contributed by atoms with Gasteiger partial charge in [-0.2, -0.15) is 0 Å². The summed E-state index contributed by atoms with van der Waals surface area (Å²) in [5, 5.41) is 8.96. The average molecular weight is 289 g/mol. The second-order valence-electron chi connectivity index (χ2n) is 4.46. The van der Waals surface area contributed by atoms with E-state index in [1.165, 1.54) is 18.4 Å². The molecule has 1 amide bonds. The van der Waals surface area contributed by atoms with Crippen molar-refractivity contribution < 1.29 is 28.3 Å². The molecule has 2 heterocycles. The zero-order valence-electron chi connectivity index (χ0n) is 10.5. The summed E-state index contributed by atoms with van der Waals surface area (Å²) in [6, 6.07) is 4.78. The van der Waals surface area contributed by atoms with Gasteiger partial charge in [0.1, 0.15) is 5.82 Å². The number of amides is 1. The maximum absolute atomic E-state index is 13.3. The van der Waals surface area contributed by atoms with Gasteiger partial charge in [-0.1, -0.05) is 0 Å². The van der Waals surface area contributed by atoms with E-state index in [4.69, 9.17) is 9.52 Å². The number of carbonyl (C=O) groups excluding carboxylic acids is 2. The van der Waals surface area contributed by atoms with Crippen LogP contribution in [0.4, 0.5) is 10.1 Å². The molecule has 0 fully saturated rings. The molecule has 6 nitrogen and oxygen atoms in total. The molecule has 0 unspecified atom stereocenters. The fraction of sp³-hybridized carbons (Fsp3) is 0.0714. The van der Waals surface area contributed by atoms with Gasteiger partial charge in [-0.25, -0.2) is 9.18 Å². The Labute approximate surface area is 117 Å². The third-order valence-electron chi connectivity index (χ3n) is 3.20. The number of Topliss-reactive ketones (excluding diaryl/α,β-unsaturated/α-hetero) is 1. The van der Waals surface area contributed by atoms with Crippen LogP contribution in [-0.2, 0) is 11.3 Å². The molecule has 106 valence electrons. The molecule has 0 saturated heterocycles. The van der Waals surface area contributed by atoms with E-state index in [0.717, 1.165) is 17.0 Å². The van der Waals surface area contributed by atoms with Crippen molar-refractivity contribution in [2.45, 2.75) is 6.54 Å². The molecule has 0 radical (unpaired) electrons. The molecule has 0 bridgehead atoms. The van der Waals surface area contributed by atoms with Crippen molar-refractivity contribution in [3.8, 4) is 0 Å². The second-order valence-corrected chi connectivity index (χ2v) is 4.46. The molecule has 0 spiro atoms. The number of hydrogen-bond donors (Lipinski definition) is 1. The predicted molar refractivity (Wildman–Crippen MR) is 67.6 cm³/mol. The van der Waals surface area contributed by atoms with Crippen molar-refractivity contribution in [1.82, 2.24) is 0 Å². The van der Waals surface area contributed by atoms with Gasteiger partial charge in [0.25, 0.3) is 11.7 Å². The van der Waals surface area contributed by atoms with Crippen molar-refractivity contribution in [2.75, 3.05) is 4.90 Å². The first-order chi connectivity index (χ1) is 9.99. The number of benzene rings is 1. The third-order valence-corrected chi connectivity index (χ3v) is 3.20. The molecule has 7 heteroatoms. The summed E-state index contributed by atoms with van der Waals surface area (Å²) in [4.78, 5) is 35.8. The molecule has 1 aromatic heterocycles. The Hall–Kier alpha value is -2.96. The topological polar surface area (TPSA) is 87.8 Å². The summed E-state index contributed by atoms with van der Waals surface area (Å²) in [5.74, 6) is -3.77. The molecule has 1 N–H and O–H groups in total. The maximum atomic E-state index is 13.3. The highest BCUT2D eigenvalue weighted by atomic mass is 19.1. The van der Waals surface area contributed by atoms with Crippen LogP contribution in [-0.4, -0.2) is 22.8 Å². The van der Waals surface area contributed by atoms with Crippen molar-refractivity contribution >= 4 is 23.3 Å². The highest BCUT2D eigenvalue weighted by Crippen LogP contribution is 2.31. The van der Waals surface area contributed by atoms with Crippen LogP contribution in [0.5, 0.6) is 0 Å². The summed E-state index contributed by atoms with van der Waals surface area (Å²) in [7, 11) is 0. The lowest BCUT2D eigenvalue weighted by atomic mass is 10.1. The Morgan fingerprint density at radius 3 is 2.76 bits per heavy atom. The van der Waals surface area contributed by atoms with Crippen LogP contribution < -0.4 is 4.90 Å². The highest BCUT2D eigenvalue weighted by molar-refractivity contribution is 6.52. The number of rotatable bonds is 3.